The molecule has 0 aliphatic heterocycles. The molecule has 1 N–H and O–H groups in total. The van der Waals surface area contributed by atoms with Crippen molar-refractivity contribution in [3.8, 4) is 0 Å². The Hall–Kier alpha value is -2.99. The van der Waals surface area contributed by atoms with Gasteiger partial charge in [-0.1, -0.05) is 43.0 Å². The van der Waals surface area contributed by atoms with Gasteiger partial charge in [-0.05, 0) is 61.0 Å². The molecule has 166 valence electrons. The Kier molecular flexibility index (Phi) is 7.32. The molecule has 1 fully saturated rings. The number of aryl methyl sites for hydroxylation is 1. The number of aromatic nitrogens is 1. The second kappa shape index (κ2) is 10.6. The number of thiophene rings is 1. The van der Waals surface area contributed by atoms with Gasteiger partial charge >= 0.3 is 0 Å². The lowest BCUT2D eigenvalue weighted by molar-refractivity contribution is -0.127. The number of rotatable bonds is 7. The number of nitrogens with one attached hydrogen (secondary N) is 1. The van der Waals surface area contributed by atoms with Gasteiger partial charge in [-0.15, -0.1) is 11.3 Å². The van der Waals surface area contributed by atoms with Crippen molar-refractivity contribution in [1.29, 1.82) is 0 Å². The number of benzene rings is 1. The first-order valence-corrected chi connectivity index (χ1v) is 12.1. The minimum atomic E-state index is -0.755. The summed E-state index contributed by atoms with van der Waals surface area (Å²) < 4.78 is 0. The quantitative estimate of drug-likeness (QED) is 0.540. The monoisotopic (exact) mass is 447 g/mol. The third-order valence-corrected chi connectivity index (χ3v) is 6.84. The Morgan fingerprint density at radius 1 is 1.06 bits per heavy atom. The zero-order valence-corrected chi connectivity index (χ0v) is 19.2. The summed E-state index contributed by atoms with van der Waals surface area (Å²) in [4.78, 5) is 34.1. The first-order chi connectivity index (χ1) is 15.6. The summed E-state index contributed by atoms with van der Waals surface area (Å²) in [6, 6.07) is 14.7. The highest BCUT2D eigenvalue weighted by Gasteiger charge is 2.34. The number of anilines is 1. The molecule has 0 spiro atoms. The lowest BCUT2D eigenvalue weighted by atomic mass is 9.94. The highest BCUT2D eigenvalue weighted by Crippen LogP contribution is 2.30. The van der Waals surface area contributed by atoms with Gasteiger partial charge in [0.25, 0.3) is 0 Å². The fraction of sp³-hybridized carbons (Fsp3) is 0.346. The molecule has 1 aliphatic rings. The maximum Gasteiger partial charge on any atom is 0.248 e. The summed E-state index contributed by atoms with van der Waals surface area (Å²) in [5, 5.41) is 5.21. The van der Waals surface area contributed by atoms with E-state index in [4.69, 9.17) is 0 Å². The summed E-state index contributed by atoms with van der Waals surface area (Å²) in [6.45, 7) is 2.01. The van der Waals surface area contributed by atoms with E-state index < -0.39 is 6.04 Å². The van der Waals surface area contributed by atoms with Crippen molar-refractivity contribution in [2.75, 3.05) is 4.90 Å². The zero-order chi connectivity index (χ0) is 22.3. The van der Waals surface area contributed by atoms with Crippen LogP contribution in [0.4, 0.5) is 5.69 Å². The fourth-order valence-electron chi connectivity index (χ4n) is 4.28. The van der Waals surface area contributed by atoms with Crippen LogP contribution in [0.3, 0.4) is 0 Å². The smallest absolute Gasteiger partial charge is 0.248 e. The molecule has 1 unspecified atom stereocenters. The maximum atomic E-state index is 13.7. The summed E-state index contributed by atoms with van der Waals surface area (Å²) in [6.07, 6.45) is 9.05. The minimum Gasteiger partial charge on any atom is -0.351 e. The topological polar surface area (TPSA) is 62.3 Å². The molecule has 2 heterocycles. The van der Waals surface area contributed by atoms with Crippen LogP contribution < -0.4 is 10.2 Å². The average Bonchev–Trinajstić information content (AvgIpc) is 3.32. The summed E-state index contributed by atoms with van der Waals surface area (Å²) in [5.41, 5.74) is 2.58. The second-order valence-corrected chi connectivity index (χ2v) is 9.41. The SMILES string of the molecule is Cc1ccc(N(C(=O)Cc2cccs2)C(C(=O)NC2CCCCC2)c2ccncc2)cc1. The van der Waals surface area contributed by atoms with Crippen molar-refractivity contribution in [2.24, 2.45) is 0 Å². The molecule has 0 saturated heterocycles. The number of hydrogen-bond acceptors (Lipinski definition) is 4. The molecular formula is C26H29N3O2S. The van der Waals surface area contributed by atoms with Gasteiger partial charge in [-0.25, -0.2) is 0 Å². The van der Waals surface area contributed by atoms with Gasteiger partial charge in [-0.2, -0.15) is 0 Å². The van der Waals surface area contributed by atoms with Gasteiger partial charge in [0.15, 0.2) is 0 Å². The second-order valence-electron chi connectivity index (χ2n) is 8.38. The molecule has 6 heteroatoms. The van der Waals surface area contributed by atoms with Crippen molar-refractivity contribution in [1.82, 2.24) is 10.3 Å². The number of nitrogens with zero attached hydrogens (tertiary/aromatic N) is 2. The van der Waals surface area contributed by atoms with Crippen LogP contribution in [0.2, 0.25) is 0 Å². The van der Waals surface area contributed by atoms with Crippen LogP contribution >= 0.6 is 11.3 Å². The first kappa shape index (κ1) is 22.2. The van der Waals surface area contributed by atoms with Crippen LogP contribution in [0.5, 0.6) is 0 Å². The number of carbonyl (C=O) groups excluding carboxylic acids is 2. The molecule has 5 nitrogen and oxygen atoms in total. The van der Waals surface area contributed by atoms with E-state index in [9.17, 15) is 9.59 Å². The number of carbonyl (C=O) groups is 2. The normalized spacial score (nSPS) is 15.2. The number of hydrogen-bond donors (Lipinski definition) is 1. The predicted octanol–water partition coefficient (Wildman–Crippen LogP) is 5.22. The van der Waals surface area contributed by atoms with E-state index in [1.165, 1.54) is 6.42 Å². The lowest BCUT2D eigenvalue weighted by Crippen LogP contribution is -2.47. The number of amides is 2. The van der Waals surface area contributed by atoms with Gasteiger partial charge in [0.05, 0.1) is 6.42 Å². The van der Waals surface area contributed by atoms with E-state index in [-0.39, 0.29) is 24.3 Å². The Labute approximate surface area is 193 Å². The molecule has 2 amide bonds. The van der Waals surface area contributed by atoms with Crippen molar-refractivity contribution >= 4 is 28.8 Å². The summed E-state index contributed by atoms with van der Waals surface area (Å²) in [7, 11) is 0. The van der Waals surface area contributed by atoms with Crippen LogP contribution in [0.1, 0.15) is 54.1 Å². The Balaban J connectivity index is 1.71. The van der Waals surface area contributed by atoms with Crippen molar-refractivity contribution in [3.05, 3.63) is 82.3 Å². The predicted molar refractivity (Wildman–Crippen MR) is 129 cm³/mol. The third-order valence-electron chi connectivity index (χ3n) is 5.97. The van der Waals surface area contributed by atoms with Gasteiger partial charge < -0.3 is 5.32 Å². The van der Waals surface area contributed by atoms with Gasteiger partial charge in [0.2, 0.25) is 11.8 Å². The van der Waals surface area contributed by atoms with E-state index in [2.05, 4.69) is 10.3 Å². The van der Waals surface area contributed by atoms with Gasteiger partial charge in [-0.3, -0.25) is 19.5 Å². The van der Waals surface area contributed by atoms with E-state index in [1.807, 2.05) is 60.8 Å². The molecule has 1 aliphatic carbocycles. The highest BCUT2D eigenvalue weighted by atomic mass is 32.1. The van der Waals surface area contributed by atoms with E-state index in [0.717, 1.165) is 47.4 Å². The average molecular weight is 448 g/mol. The zero-order valence-electron chi connectivity index (χ0n) is 18.4. The molecule has 3 aromatic rings. The van der Waals surface area contributed by atoms with Gasteiger partial charge in [0, 0.05) is 29.0 Å². The van der Waals surface area contributed by atoms with E-state index in [1.54, 1.807) is 28.6 Å². The van der Waals surface area contributed by atoms with Crippen LogP contribution in [-0.2, 0) is 16.0 Å². The maximum absolute atomic E-state index is 13.7. The fourth-order valence-corrected chi connectivity index (χ4v) is 4.98. The van der Waals surface area contributed by atoms with E-state index in [0.29, 0.717) is 0 Å². The molecule has 2 aromatic heterocycles. The third kappa shape index (κ3) is 5.43. The number of pyridine rings is 1. The molecule has 0 radical (unpaired) electrons. The largest absolute Gasteiger partial charge is 0.351 e. The summed E-state index contributed by atoms with van der Waals surface area (Å²) in [5.74, 6) is -0.236. The Morgan fingerprint density at radius 2 is 1.78 bits per heavy atom. The molecule has 1 aromatic carbocycles. The van der Waals surface area contributed by atoms with Gasteiger partial charge in [0.1, 0.15) is 6.04 Å². The van der Waals surface area contributed by atoms with E-state index >= 15 is 0 Å². The lowest BCUT2D eigenvalue weighted by Gasteiger charge is -2.33. The molecular weight excluding hydrogens is 418 g/mol. The van der Waals surface area contributed by atoms with Crippen LogP contribution in [0.15, 0.2) is 66.3 Å². The van der Waals surface area contributed by atoms with Crippen molar-refractivity contribution in [2.45, 2.75) is 57.5 Å². The molecule has 1 atom stereocenters. The van der Waals surface area contributed by atoms with Crippen LogP contribution in [-0.4, -0.2) is 22.8 Å². The van der Waals surface area contributed by atoms with Crippen LogP contribution in [0, 0.1) is 6.92 Å². The molecule has 4 rings (SSSR count). The van der Waals surface area contributed by atoms with Crippen LogP contribution in [0.25, 0.3) is 0 Å². The standard InChI is InChI=1S/C26H29N3O2S/c1-19-9-11-22(12-10-19)29(24(30)18-23-8-5-17-32-23)25(20-13-15-27-16-14-20)26(31)28-21-6-3-2-4-7-21/h5,8-17,21,25H,2-4,6-7,18H2,1H3,(H,28,31). The molecule has 32 heavy (non-hydrogen) atoms. The molecule has 1 saturated carbocycles. The van der Waals surface area contributed by atoms with Crippen molar-refractivity contribution in [3.63, 3.8) is 0 Å². The Bertz CT molecular complexity index is 1010. The van der Waals surface area contributed by atoms with Crippen molar-refractivity contribution < 1.29 is 9.59 Å². The summed E-state index contributed by atoms with van der Waals surface area (Å²) >= 11 is 1.55. The Morgan fingerprint density at radius 3 is 2.44 bits per heavy atom. The highest BCUT2D eigenvalue weighted by molar-refractivity contribution is 7.10. The molecule has 0 bridgehead atoms. The minimum absolute atomic E-state index is 0.100. The first-order valence-electron chi connectivity index (χ1n) is 11.2.